The highest BCUT2D eigenvalue weighted by molar-refractivity contribution is 7.91. The number of anilines is 1. The summed E-state index contributed by atoms with van der Waals surface area (Å²) in [7, 11) is -3.85. The van der Waals surface area contributed by atoms with E-state index >= 15 is 0 Å². The molecule has 3 aromatic rings. The highest BCUT2D eigenvalue weighted by atomic mass is 35.5. The smallest absolute Gasteiger partial charge is 0.248 e. The zero-order valence-corrected chi connectivity index (χ0v) is 17.7. The number of nitrogens with zero attached hydrogens (tertiary/aromatic N) is 1. The lowest BCUT2D eigenvalue weighted by Gasteiger charge is -2.12. The Labute approximate surface area is 180 Å². The van der Waals surface area contributed by atoms with Crippen LogP contribution in [0.3, 0.4) is 0 Å². The van der Waals surface area contributed by atoms with Gasteiger partial charge in [-0.15, -0.1) is 0 Å². The first-order valence-corrected chi connectivity index (χ1v) is 10.9. The van der Waals surface area contributed by atoms with Crippen molar-refractivity contribution in [3.63, 3.8) is 0 Å². The first-order chi connectivity index (χ1) is 14.4. The molecule has 1 N–H and O–H groups in total. The molecule has 6 nitrogen and oxygen atoms in total. The van der Waals surface area contributed by atoms with Gasteiger partial charge >= 0.3 is 0 Å². The van der Waals surface area contributed by atoms with Gasteiger partial charge in [-0.3, -0.25) is 9.78 Å². The molecule has 3 rings (SSSR count). The Kier molecular flexibility index (Phi) is 6.87. The van der Waals surface area contributed by atoms with Crippen LogP contribution in [-0.2, 0) is 14.6 Å². The Balaban J connectivity index is 1.77. The van der Waals surface area contributed by atoms with Crippen LogP contribution in [-0.4, -0.2) is 25.9 Å². The highest BCUT2D eigenvalue weighted by Crippen LogP contribution is 2.32. The maximum Gasteiger partial charge on any atom is 0.248 e. The average Bonchev–Trinajstić information content (AvgIpc) is 2.75. The van der Waals surface area contributed by atoms with Crippen molar-refractivity contribution >= 4 is 39.1 Å². The fourth-order valence-electron chi connectivity index (χ4n) is 2.64. The first kappa shape index (κ1) is 21.5. The second-order valence-electron chi connectivity index (χ2n) is 6.16. The molecule has 154 valence electrons. The number of benzene rings is 2. The molecule has 8 heteroatoms. The Morgan fingerprint density at radius 3 is 2.60 bits per heavy atom. The van der Waals surface area contributed by atoms with Crippen LogP contribution in [0.4, 0.5) is 5.69 Å². The van der Waals surface area contributed by atoms with E-state index in [-0.39, 0.29) is 21.4 Å². The van der Waals surface area contributed by atoms with E-state index in [1.54, 1.807) is 37.5 Å². The molecular weight excluding hydrogens is 424 g/mol. The molecule has 0 radical (unpaired) electrons. The third kappa shape index (κ3) is 5.25. The molecule has 1 heterocycles. The van der Waals surface area contributed by atoms with E-state index in [0.29, 0.717) is 17.3 Å². The number of nitrogens with one attached hydrogen (secondary N) is 1. The van der Waals surface area contributed by atoms with Gasteiger partial charge in [-0.2, -0.15) is 0 Å². The van der Waals surface area contributed by atoms with Gasteiger partial charge in [0.15, 0.2) is 0 Å². The summed E-state index contributed by atoms with van der Waals surface area (Å²) in [6, 6.07) is 13.9. The minimum absolute atomic E-state index is 0.00644. The number of pyridine rings is 1. The summed E-state index contributed by atoms with van der Waals surface area (Å²) in [6.45, 7) is 2.09. The van der Waals surface area contributed by atoms with Gasteiger partial charge in [-0.1, -0.05) is 17.7 Å². The molecule has 1 aromatic heterocycles. The predicted molar refractivity (Wildman–Crippen MR) is 116 cm³/mol. The number of aromatic nitrogens is 1. The lowest BCUT2D eigenvalue weighted by atomic mass is 10.2. The summed E-state index contributed by atoms with van der Waals surface area (Å²) in [4.78, 5) is 16.1. The summed E-state index contributed by atoms with van der Waals surface area (Å²) < 4.78 is 31.5. The number of ether oxygens (including phenoxy) is 1. The van der Waals surface area contributed by atoms with Crippen molar-refractivity contribution in [2.45, 2.75) is 16.7 Å². The Morgan fingerprint density at radius 1 is 1.17 bits per heavy atom. The Morgan fingerprint density at radius 2 is 1.93 bits per heavy atom. The fourth-order valence-corrected chi connectivity index (χ4v) is 4.30. The van der Waals surface area contributed by atoms with Crippen LogP contribution in [0.2, 0.25) is 5.02 Å². The molecule has 0 unspecified atom stereocenters. The van der Waals surface area contributed by atoms with Crippen LogP contribution in [0, 0.1) is 0 Å². The lowest BCUT2D eigenvalue weighted by molar-refractivity contribution is -0.111. The second-order valence-corrected chi connectivity index (χ2v) is 8.52. The third-order valence-electron chi connectivity index (χ3n) is 4.04. The maximum absolute atomic E-state index is 13.0. The average molecular weight is 443 g/mol. The molecule has 0 saturated carbocycles. The Hall–Kier alpha value is -3.16. The van der Waals surface area contributed by atoms with Gasteiger partial charge in [0.2, 0.25) is 15.7 Å². The van der Waals surface area contributed by atoms with E-state index in [2.05, 4.69) is 10.3 Å². The number of carbonyl (C=O) groups excluding carboxylic acids is 1. The van der Waals surface area contributed by atoms with Gasteiger partial charge in [0.1, 0.15) is 10.6 Å². The SMILES string of the molecule is CCOc1ccc(Cl)cc1S(=O)(=O)c1ccc(NC(=O)C=Cc2cccnc2)cc1. The number of halogens is 1. The number of hydrogen-bond acceptors (Lipinski definition) is 5. The van der Waals surface area contributed by atoms with E-state index in [9.17, 15) is 13.2 Å². The van der Waals surface area contributed by atoms with Crippen LogP contribution in [0.15, 0.2) is 82.9 Å². The topological polar surface area (TPSA) is 85.4 Å². The zero-order chi connectivity index (χ0) is 21.6. The minimum Gasteiger partial charge on any atom is -0.492 e. The van der Waals surface area contributed by atoms with Crippen LogP contribution in [0.1, 0.15) is 12.5 Å². The monoisotopic (exact) mass is 442 g/mol. The van der Waals surface area contributed by atoms with Gasteiger partial charge in [-0.25, -0.2) is 8.42 Å². The van der Waals surface area contributed by atoms with Gasteiger partial charge in [0, 0.05) is 29.2 Å². The summed E-state index contributed by atoms with van der Waals surface area (Å²) >= 11 is 5.99. The van der Waals surface area contributed by atoms with Gasteiger partial charge in [0.05, 0.1) is 11.5 Å². The van der Waals surface area contributed by atoms with Crippen LogP contribution >= 0.6 is 11.6 Å². The maximum atomic E-state index is 13.0. The van der Waals surface area contributed by atoms with E-state index < -0.39 is 9.84 Å². The normalized spacial score (nSPS) is 11.4. The molecule has 0 spiro atoms. The van der Waals surface area contributed by atoms with Crippen LogP contribution in [0.25, 0.3) is 6.08 Å². The van der Waals surface area contributed by atoms with Crippen molar-refractivity contribution in [1.29, 1.82) is 0 Å². The molecule has 2 aromatic carbocycles. The largest absolute Gasteiger partial charge is 0.492 e. The quantitative estimate of drug-likeness (QED) is 0.539. The number of hydrogen-bond donors (Lipinski definition) is 1. The van der Waals surface area contributed by atoms with Crippen molar-refractivity contribution in [3.05, 3.63) is 83.7 Å². The van der Waals surface area contributed by atoms with E-state index in [4.69, 9.17) is 16.3 Å². The van der Waals surface area contributed by atoms with Crippen molar-refractivity contribution in [3.8, 4) is 5.75 Å². The molecule has 30 heavy (non-hydrogen) atoms. The van der Waals surface area contributed by atoms with Gasteiger partial charge in [0.25, 0.3) is 0 Å². The van der Waals surface area contributed by atoms with Crippen molar-refractivity contribution in [2.75, 3.05) is 11.9 Å². The molecule has 0 aliphatic rings. The lowest BCUT2D eigenvalue weighted by Crippen LogP contribution is -2.09. The summed E-state index contributed by atoms with van der Waals surface area (Å²) in [5, 5.41) is 2.98. The third-order valence-corrected chi connectivity index (χ3v) is 6.06. The van der Waals surface area contributed by atoms with Crippen LogP contribution < -0.4 is 10.1 Å². The minimum atomic E-state index is -3.85. The van der Waals surface area contributed by atoms with E-state index in [0.717, 1.165) is 5.56 Å². The predicted octanol–water partition coefficient (Wildman–Crippen LogP) is 4.62. The zero-order valence-electron chi connectivity index (χ0n) is 16.1. The first-order valence-electron chi connectivity index (χ1n) is 9.07. The summed E-state index contributed by atoms with van der Waals surface area (Å²) in [6.07, 6.45) is 6.29. The van der Waals surface area contributed by atoms with Gasteiger partial charge in [-0.05, 0) is 67.1 Å². The molecule has 0 aliphatic heterocycles. The van der Waals surface area contributed by atoms with Crippen molar-refractivity contribution in [2.24, 2.45) is 0 Å². The summed E-state index contributed by atoms with van der Waals surface area (Å²) in [5.41, 5.74) is 1.26. The van der Waals surface area contributed by atoms with Crippen molar-refractivity contribution < 1.29 is 17.9 Å². The summed E-state index contributed by atoms with van der Waals surface area (Å²) in [5.74, 6) is -0.109. The second kappa shape index (κ2) is 9.56. The standard InChI is InChI=1S/C22H19ClN2O4S/c1-2-29-20-11-6-17(23)14-21(20)30(27,28)19-9-7-18(8-10-19)25-22(26)12-5-16-4-3-13-24-15-16/h3-15H,2H2,1H3,(H,25,26). The molecular formula is C22H19ClN2O4S. The fraction of sp³-hybridized carbons (Fsp3) is 0.0909. The molecule has 0 aliphatic carbocycles. The van der Waals surface area contributed by atoms with Crippen LogP contribution in [0.5, 0.6) is 5.75 Å². The number of sulfone groups is 1. The number of rotatable bonds is 7. The number of amides is 1. The highest BCUT2D eigenvalue weighted by Gasteiger charge is 2.23. The van der Waals surface area contributed by atoms with Gasteiger partial charge < -0.3 is 10.1 Å². The van der Waals surface area contributed by atoms with E-state index in [1.165, 1.54) is 42.5 Å². The molecule has 0 bridgehead atoms. The molecule has 1 amide bonds. The number of carbonyl (C=O) groups is 1. The molecule has 0 saturated heterocycles. The van der Waals surface area contributed by atoms with E-state index in [1.807, 2.05) is 6.07 Å². The Bertz CT molecular complexity index is 1160. The van der Waals surface area contributed by atoms with Crippen molar-refractivity contribution in [1.82, 2.24) is 4.98 Å². The molecule has 0 atom stereocenters. The molecule has 0 fully saturated rings.